The molecule has 0 aromatic rings. The highest BCUT2D eigenvalue weighted by Crippen LogP contribution is 2.29. The molecule has 3 N–H and O–H groups in total. The van der Waals surface area contributed by atoms with Gasteiger partial charge in [0.1, 0.15) is 18.3 Å². The minimum Gasteiger partial charge on any atom is -0.458 e. The predicted molar refractivity (Wildman–Crippen MR) is 71.9 cm³/mol. The van der Waals surface area contributed by atoms with Crippen molar-refractivity contribution in [3.63, 3.8) is 0 Å². The lowest BCUT2D eigenvalue weighted by molar-refractivity contribution is -0.178. The van der Waals surface area contributed by atoms with E-state index in [1.807, 2.05) is 17.9 Å². The van der Waals surface area contributed by atoms with Gasteiger partial charge in [-0.05, 0) is 12.8 Å². The van der Waals surface area contributed by atoms with E-state index in [0.717, 1.165) is 6.42 Å². The zero-order valence-electron chi connectivity index (χ0n) is 11.7. The summed E-state index contributed by atoms with van der Waals surface area (Å²) in [5.74, 6) is -0.413. The third kappa shape index (κ3) is 3.20. The van der Waals surface area contributed by atoms with Gasteiger partial charge in [-0.3, -0.25) is 9.69 Å². The Hall–Kier alpha value is -0.950. The van der Waals surface area contributed by atoms with Gasteiger partial charge in [0.25, 0.3) is 0 Å². The van der Waals surface area contributed by atoms with Gasteiger partial charge in [-0.1, -0.05) is 19.1 Å². The van der Waals surface area contributed by atoms with Crippen molar-refractivity contribution in [2.24, 2.45) is 0 Å². The molecule has 5 atom stereocenters. The molecular weight excluding hydrogens is 262 g/mol. The Labute approximate surface area is 118 Å². The Kier molecular flexibility index (Phi) is 5.15. The van der Waals surface area contributed by atoms with E-state index in [9.17, 15) is 20.1 Å². The predicted octanol–water partition coefficient (Wildman–Crippen LogP) is -0.575. The first-order valence-corrected chi connectivity index (χ1v) is 7.17. The summed E-state index contributed by atoms with van der Waals surface area (Å²) in [6.45, 7) is 2.96. The van der Waals surface area contributed by atoms with Crippen LogP contribution in [0.4, 0.5) is 0 Å². The Morgan fingerprint density at radius 2 is 2.05 bits per heavy atom. The first-order valence-electron chi connectivity index (χ1n) is 7.17. The quantitative estimate of drug-likeness (QED) is 0.473. The van der Waals surface area contributed by atoms with Crippen molar-refractivity contribution in [3.05, 3.63) is 12.2 Å². The third-order valence-electron chi connectivity index (χ3n) is 3.99. The lowest BCUT2D eigenvalue weighted by Gasteiger charge is -2.42. The molecule has 2 aliphatic heterocycles. The van der Waals surface area contributed by atoms with Crippen LogP contribution in [0.1, 0.15) is 26.2 Å². The van der Waals surface area contributed by atoms with Gasteiger partial charge in [-0.15, -0.1) is 0 Å². The van der Waals surface area contributed by atoms with Crippen LogP contribution in [-0.2, 0) is 9.53 Å². The van der Waals surface area contributed by atoms with Gasteiger partial charge >= 0.3 is 5.97 Å². The number of nitrogens with zero attached hydrogens (tertiary/aromatic N) is 1. The average Bonchev–Trinajstić information content (AvgIpc) is 2.77. The molecule has 0 aromatic heterocycles. The summed E-state index contributed by atoms with van der Waals surface area (Å²) in [5, 5.41) is 29.9. The maximum absolute atomic E-state index is 11.7. The zero-order valence-corrected chi connectivity index (χ0v) is 11.7. The van der Waals surface area contributed by atoms with E-state index in [4.69, 9.17) is 4.74 Å². The fraction of sp³-hybridized carbons (Fsp3) is 0.786. The summed E-state index contributed by atoms with van der Waals surface area (Å²) in [5.41, 5.74) is 0. The van der Waals surface area contributed by atoms with Crippen LogP contribution in [0.2, 0.25) is 0 Å². The highest BCUT2D eigenvalue weighted by Gasteiger charge is 2.49. The molecule has 2 saturated heterocycles. The molecule has 114 valence electrons. The van der Waals surface area contributed by atoms with E-state index in [0.29, 0.717) is 19.5 Å². The van der Waals surface area contributed by atoms with Crippen molar-refractivity contribution in [3.8, 4) is 0 Å². The maximum Gasteiger partial charge on any atom is 0.310 e. The second-order valence-electron chi connectivity index (χ2n) is 5.43. The number of carbonyl (C=O) groups excluding carboxylic acids is 1. The van der Waals surface area contributed by atoms with Crippen molar-refractivity contribution in [2.45, 2.75) is 56.6 Å². The molecule has 0 saturated carbocycles. The van der Waals surface area contributed by atoms with Gasteiger partial charge in [0.2, 0.25) is 0 Å². The van der Waals surface area contributed by atoms with Crippen molar-refractivity contribution < 1.29 is 24.9 Å². The van der Waals surface area contributed by atoms with Crippen molar-refractivity contribution in [1.82, 2.24) is 4.90 Å². The number of aliphatic hydroxyl groups excluding tert-OH is 3. The van der Waals surface area contributed by atoms with Gasteiger partial charge in [-0.25, -0.2) is 0 Å². The first kappa shape index (κ1) is 15.4. The molecule has 0 aliphatic carbocycles. The molecule has 0 unspecified atom stereocenters. The third-order valence-corrected chi connectivity index (χ3v) is 3.99. The molecule has 2 heterocycles. The van der Waals surface area contributed by atoms with Crippen molar-refractivity contribution in [2.75, 3.05) is 13.1 Å². The summed E-state index contributed by atoms with van der Waals surface area (Å²) < 4.78 is 5.24. The molecule has 0 amide bonds. The standard InChI is InChI=1S/C14H23NO5/c1-2-3-4-5-11(17)20-10-8-15-7-6-9(16)12(15)14(19)13(10)18/h3-4,9-10,12-14,16,18-19H,2,5-8H2,1H3/t9-,10-,12+,13+,14+/m0/s1. The Morgan fingerprint density at radius 1 is 1.30 bits per heavy atom. The minimum atomic E-state index is -1.15. The molecule has 6 heteroatoms. The number of aliphatic hydroxyl groups is 3. The number of carbonyl (C=O) groups is 1. The van der Waals surface area contributed by atoms with E-state index < -0.39 is 36.4 Å². The fourth-order valence-corrected chi connectivity index (χ4v) is 2.95. The van der Waals surface area contributed by atoms with Crippen LogP contribution in [0.3, 0.4) is 0 Å². The average molecular weight is 285 g/mol. The topological polar surface area (TPSA) is 90.2 Å². The highest BCUT2D eigenvalue weighted by atomic mass is 16.6. The van der Waals surface area contributed by atoms with Crippen LogP contribution in [0.5, 0.6) is 0 Å². The second-order valence-corrected chi connectivity index (χ2v) is 5.43. The molecule has 2 fully saturated rings. The SMILES string of the molecule is CCC=CCC(=O)O[C@H]1CN2CC[C@H](O)[C@@H]2[C@@H](O)[C@@H]1O. The normalized spacial score (nSPS) is 38.1. The molecule has 0 spiro atoms. The number of hydrogen-bond acceptors (Lipinski definition) is 6. The number of rotatable bonds is 4. The van der Waals surface area contributed by atoms with E-state index in [-0.39, 0.29) is 6.42 Å². The van der Waals surface area contributed by atoms with Gasteiger partial charge in [0, 0.05) is 13.1 Å². The van der Waals surface area contributed by atoms with Gasteiger partial charge in [0.05, 0.1) is 18.6 Å². The zero-order chi connectivity index (χ0) is 14.7. The molecule has 20 heavy (non-hydrogen) atoms. The summed E-state index contributed by atoms with van der Waals surface area (Å²) in [4.78, 5) is 13.5. The molecule has 2 rings (SSSR count). The highest BCUT2D eigenvalue weighted by molar-refractivity contribution is 5.71. The van der Waals surface area contributed by atoms with Crippen molar-refractivity contribution in [1.29, 1.82) is 0 Å². The molecule has 0 radical (unpaired) electrons. The summed E-state index contributed by atoms with van der Waals surface area (Å²) >= 11 is 0. The lowest BCUT2D eigenvalue weighted by atomic mass is 9.93. The summed E-state index contributed by atoms with van der Waals surface area (Å²) in [6, 6.07) is -0.458. The van der Waals surface area contributed by atoms with E-state index in [1.54, 1.807) is 6.08 Å². The number of esters is 1. The smallest absolute Gasteiger partial charge is 0.310 e. The Morgan fingerprint density at radius 3 is 2.75 bits per heavy atom. The van der Waals surface area contributed by atoms with E-state index in [1.165, 1.54) is 0 Å². The Bertz CT molecular complexity index is 373. The second kappa shape index (κ2) is 6.67. The Balaban J connectivity index is 1.92. The first-order chi connectivity index (χ1) is 9.54. The van der Waals surface area contributed by atoms with Crippen LogP contribution in [0, 0.1) is 0 Å². The molecule has 0 bridgehead atoms. The molecule has 0 aromatic carbocycles. The van der Waals surface area contributed by atoms with Crippen molar-refractivity contribution >= 4 is 5.97 Å². The van der Waals surface area contributed by atoms with Gasteiger partial charge in [0.15, 0.2) is 0 Å². The molecular formula is C14H23NO5. The number of ether oxygens (including phenoxy) is 1. The van der Waals surface area contributed by atoms with Gasteiger partial charge in [-0.2, -0.15) is 0 Å². The minimum absolute atomic E-state index is 0.166. The summed E-state index contributed by atoms with van der Waals surface area (Å²) in [6.07, 6.45) is 1.57. The number of fused-ring (bicyclic) bond motifs is 1. The largest absolute Gasteiger partial charge is 0.458 e. The maximum atomic E-state index is 11.7. The monoisotopic (exact) mass is 285 g/mol. The van der Waals surface area contributed by atoms with E-state index >= 15 is 0 Å². The van der Waals surface area contributed by atoms with Crippen LogP contribution in [0.25, 0.3) is 0 Å². The molecule has 2 aliphatic rings. The number of allylic oxidation sites excluding steroid dienone is 1. The van der Waals surface area contributed by atoms with E-state index in [2.05, 4.69) is 0 Å². The van der Waals surface area contributed by atoms with Gasteiger partial charge < -0.3 is 20.1 Å². The van der Waals surface area contributed by atoms with Crippen LogP contribution < -0.4 is 0 Å². The molecule has 6 nitrogen and oxygen atoms in total. The number of piperidine rings is 1. The lowest BCUT2D eigenvalue weighted by Crippen LogP contribution is -2.62. The number of hydrogen-bond donors (Lipinski definition) is 3. The van der Waals surface area contributed by atoms with Crippen LogP contribution in [0.15, 0.2) is 12.2 Å². The van der Waals surface area contributed by atoms with Crippen LogP contribution >= 0.6 is 0 Å². The summed E-state index contributed by atoms with van der Waals surface area (Å²) in [7, 11) is 0. The van der Waals surface area contributed by atoms with Crippen LogP contribution in [-0.4, -0.2) is 69.7 Å². The fourth-order valence-electron chi connectivity index (χ4n) is 2.95.